The number of rotatable bonds is 0. The van der Waals surface area contributed by atoms with Crippen LogP contribution in [0.5, 0.6) is 0 Å². The zero-order valence-corrected chi connectivity index (χ0v) is 11.4. The minimum Gasteiger partial charge on any atom is -0.375 e. The van der Waals surface area contributed by atoms with Gasteiger partial charge in [0, 0.05) is 6.61 Å². The van der Waals surface area contributed by atoms with E-state index in [-0.39, 0.29) is 5.91 Å². The molecule has 3 atom stereocenters. The molecule has 3 fully saturated rings. The molecule has 110 valence electrons. The van der Waals surface area contributed by atoms with E-state index < -0.39 is 34.8 Å². The second-order valence-corrected chi connectivity index (χ2v) is 6.24. The molecule has 1 spiro atoms. The van der Waals surface area contributed by atoms with Gasteiger partial charge >= 0.3 is 0 Å². The summed E-state index contributed by atoms with van der Waals surface area (Å²) in [6, 6.07) is 0. The van der Waals surface area contributed by atoms with Crippen molar-refractivity contribution in [3.63, 3.8) is 0 Å². The van der Waals surface area contributed by atoms with Gasteiger partial charge in [-0.2, -0.15) is 0 Å². The number of ether oxygens (including phenoxy) is 1. The second kappa shape index (κ2) is 4.16. The van der Waals surface area contributed by atoms with Crippen molar-refractivity contribution in [2.24, 2.45) is 11.8 Å². The Labute approximate surface area is 115 Å². The summed E-state index contributed by atoms with van der Waals surface area (Å²) < 4.78 is 5.68. The van der Waals surface area contributed by atoms with Crippen molar-refractivity contribution in [2.45, 2.75) is 37.8 Å². The fourth-order valence-electron chi connectivity index (χ4n) is 3.54. The molecule has 0 aliphatic carbocycles. The van der Waals surface area contributed by atoms with Crippen LogP contribution in [-0.4, -0.2) is 35.5 Å². The molecule has 3 amide bonds. The maximum Gasteiger partial charge on any atom is 0.251 e. The first-order valence-corrected chi connectivity index (χ1v) is 6.65. The van der Waals surface area contributed by atoms with Crippen molar-refractivity contribution in [3.05, 3.63) is 0 Å². The quantitative estimate of drug-likeness (QED) is 0.398. The lowest BCUT2D eigenvalue weighted by Crippen LogP contribution is -2.77. The van der Waals surface area contributed by atoms with E-state index in [0.717, 1.165) is 0 Å². The molecule has 8 heteroatoms. The Bertz CT molecular complexity index is 484. The Morgan fingerprint density at radius 3 is 2.40 bits per heavy atom. The average molecular weight is 282 g/mol. The Kier molecular flexibility index (Phi) is 2.77. The highest BCUT2D eigenvalue weighted by atomic mass is 16.5. The van der Waals surface area contributed by atoms with Gasteiger partial charge in [-0.1, -0.05) is 0 Å². The van der Waals surface area contributed by atoms with Crippen LogP contribution in [0.15, 0.2) is 0 Å². The smallest absolute Gasteiger partial charge is 0.251 e. The minimum atomic E-state index is -1.00. The van der Waals surface area contributed by atoms with Gasteiger partial charge < -0.3 is 4.74 Å². The first-order chi connectivity index (χ1) is 9.35. The van der Waals surface area contributed by atoms with E-state index in [0.29, 0.717) is 19.4 Å². The van der Waals surface area contributed by atoms with Crippen molar-refractivity contribution in [3.8, 4) is 0 Å². The van der Waals surface area contributed by atoms with Crippen molar-refractivity contribution < 1.29 is 19.1 Å². The van der Waals surface area contributed by atoms with E-state index in [2.05, 4.69) is 21.7 Å². The average Bonchev–Trinajstić information content (AvgIpc) is 2.36. The standard InChI is InChI=1S/C12H18N4O4/c1-11(2)5-12(3-4-20-11)7-6(9(18)15-16-12)8(17)13-14-10(7)19/h6-7,16H,3-5H2,1-2H3,(H,13,17)(H,14,19)(H,15,18)/t6-,7+,12+/m0/s1. The van der Waals surface area contributed by atoms with Crippen LogP contribution in [0, 0.1) is 11.8 Å². The van der Waals surface area contributed by atoms with Gasteiger partial charge in [0.1, 0.15) is 5.92 Å². The highest BCUT2D eigenvalue weighted by Crippen LogP contribution is 2.42. The van der Waals surface area contributed by atoms with E-state index in [1.165, 1.54) is 0 Å². The van der Waals surface area contributed by atoms with Crippen molar-refractivity contribution in [1.29, 1.82) is 0 Å². The van der Waals surface area contributed by atoms with Crippen LogP contribution >= 0.6 is 0 Å². The molecule has 0 saturated carbocycles. The molecule has 8 nitrogen and oxygen atoms in total. The fraction of sp³-hybridized carbons (Fsp3) is 0.750. The summed E-state index contributed by atoms with van der Waals surface area (Å²) in [6.07, 6.45) is 1.08. The lowest BCUT2D eigenvalue weighted by Gasteiger charge is -2.53. The number of hydrogen-bond donors (Lipinski definition) is 4. The molecule has 0 aromatic heterocycles. The monoisotopic (exact) mass is 282 g/mol. The Balaban J connectivity index is 2.00. The lowest BCUT2D eigenvalue weighted by atomic mass is 9.65. The molecule has 0 unspecified atom stereocenters. The third-order valence-electron chi connectivity index (χ3n) is 4.30. The van der Waals surface area contributed by atoms with Crippen LogP contribution in [0.1, 0.15) is 26.7 Å². The fourth-order valence-corrected chi connectivity index (χ4v) is 3.54. The first kappa shape index (κ1) is 13.3. The van der Waals surface area contributed by atoms with E-state index in [1.54, 1.807) is 0 Å². The molecule has 0 bridgehead atoms. The summed E-state index contributed by atoms with van der Waals surface area (Å²) in [7, 11) is 0. The van der Waals surface area contributed by atoms with Crippen LogP contribution < -0.4 is 21.7 Å². The third kappa shape index (κ3) is 1.87. The SMILES string of the molecule is CC1(C)C[C@@]2(CCO1)NNC(=O)[C@@H]1C(=O)NNC(=O)[C@@H]12. The zero-order chi connectivity index (χ0) is 14.5. The van der Waals surface area contributed by atoms with Crippen LogP contribution in [0.2, 0.25) is 0 Å². The second-order valence-electron chi connectivity index (χ2n) is 6.24. The van der Waals surface area contributed by atoms with Gasteiger partial charge in [0.25, 0.3) is 5.91 Å². The van der Waals surface area contributed by atoms with Gasteiger partial charge in [-0.05, 0) is 26.7 Å². The number of fused-ring (bicyclic) bond motifs is 2. The Morgan fingerprint density at radius 1 is 1.05 bits per heavy atom. The Hall–Kier alpha value is -1.67. The maximum atomic E-state index is 12.2. The topological polar surface area (TPSA) is 109 Å². The highest BCUT2D eigenvalue weighted by Gasteiger charge is 2.59. The first-order valence-electron chi connectivity index (χ1n) is 6.65. The van der Waals surface area contributed by atoms with E-state index >= 15 is 0 Å². The van der Waals surface area contributed by atoms with Gasteiger partial charge in [0.2, 0.25) is 11.8 Å². The summed E-state index contributed by atoms with van der Waals surface area (Å²) in [5.41, 5.74) is 9.02. The van der Waals surface area contributed by atoms with E-state index in [9.17, 15) is 14.4 Å². The van der Waals surface area contributed by atoms with Crippen LogP contribution in [0.3, 0.4) is 0 Å². The number of carbonyl (C=O) groups excluding carboxylic acids is 3. The highest BCUT2D eigenvalue weighted by molar-refractivity contribution is 6.08. The molecule has 3 rings (SSSR count). The molecule has 0 aromatic rings. The Morgan fingerprint density at radius 2 is 1.70 bits per heavy atom. The predicted octanol–water partition coefficient (Wildman–Crippen LogP) is -1.66. The maximum absolute atomic E-state index is 12.2. The minimum absolute atomic E-state index is 0.338. The van der Waals surface area contributed by atoms with Crippen LogP contribution in [0.25, 0.3) is 0 Å². The number of nitrogens with one attached hydrogen (secondary N) is 4. The largest absolute Gasteiger partial charge is 0.375 e. The van der Waals surface area contributed by atoms with Gasteiger partial charge in [-0.15, -0.1) is 0 Å². The number of hydrogen-bond acceptors (Lipinski definition) is 5. The molecule has 3 heterocycles. The summed E-state index contributed by atoms with van der Waals surface area (Å²) in [5, 5.41) is 0. The normalized spacial score (nSPS) is 39.6. The molecular weight excluding hydrogens is 264 g/mol. The van der Waals surface area contributed by atoms with E-state index in [4.69, 9.17) is 4.74 Å². The number of hydrazine groups is 2. The van der Waals surface area contributed by atoms with Gasteiger partial charge in [-0.3, -0.25) is 30.7 Å². The molecule has 0 radical (unpaired) electrons. The molecule has 20 heavy (non-hydrogen) atoms. The number of amides is 3. The van der Waals surface area contributed by atoms with Gasteiger partial charge in [-0.25, -0.2) is 5.43 Å². The van der Waals surface area contributed by atoms with Gasteiger partial charge in [0.05, 0.1) is 17.1 Å². The van der Waals surface area contributed by atoms with Crippen molar-refractivity contribution >= 4 is 17.7 Å². The zero-order valence-electron chi connectivity index (χ0n) is 11.4. The molecule has 0 aromatic carbocycles. The third-order valence-corrected chi connectivity index (χ3v) is 4.30. The molecule has 3 aliphatic rings. The molecule has 3 aliphatic heterocycles. The van der Waals surface area contributed by atoms with Gasteiger partial charge in [0.15, 0.2) is 0 Å². The number of carbonyl (C=O) groups is 3. The summed E-state index contributed by atoms with van der Waals surface area (Å²) >= 11 is 0. The van der Waals surface area contributed by atoms with Crippen LogP contribution in [-0.2, 0) is 19.1 Å². The molecule has 3 saturated heterocycles. The summed E-state index contributed by atoms with van der Waals surface area (Å²) in [4.78, 5) is 36.1. The van der Waals surface area contributed by atoms with E-state index in [1.807, 2.05) is 13.8 Å². The predicted molar refractivity (Wildman–Crippen MR) is 66.5 cm³/mol. The lowest BCUT2D eigenvalue weighted by molar-refractivity contribution is -0.169. The summed E-state index contributed by atoms with van der Waals surface area (Å²) in [6.45, 7) is 4.33. The van der Waals surface area contributed by atoms with Crippen LogP contribution in [0.4, 0.5) is 0 Å². The molecular formula is C12H18N4O4. The molecule has 4 N–H and O–H groups in total. The van der Waals surface area contributed by atoms with Crippen molar-refractivity contribution in [1.82, 2.24) is 21.7 Å². The van der Waals surface area contributed by atoms with Crippen molar-refractivity contribution in [2.75, 3.05) is 6.61 Å². The summed E-state index contributed by atoms with van der Waals surface area (Å²) in [5.74, 6) is -3.02.